The summed E-state index contributed by atoms with van der Waals surface area (Å²) in [5, 5.41) is 6.18. The lowest BCUT2D eigenvalue weighted by atomic mass is 10.0. The van der Waals surface area contributed by atoms with E-state index < -0.39 is 5.97 Å². The van der Waals surface area contributed by atoms with Gasteiger partial charge in [-0.1, -0.05) is 42.5 Å². The van der Waals surface area contributed by atoms with Gasteiger partial charge in [0.15, 0.2) is 11.5 Å². The SMILES string of the molecule is CCOc1ccc(C(=O)Oc2ccc(/C=N\NC(=O)Cc3cccc4ccccc34)cc2OC)cc1. The predicted octanol–water partition coefficient (Wildman–Crippen LogP) is 5.16. The molecule has 0 radical (unpaired) electrons. The molecule has 0 saturated heterocycles. The van der Waals surface area contributed by atoms with Crippen LogP contribution in [-0.2, 0) is 11.2 Å². The Hall–Kier alpha value is -4.65. The standard InChI is InChI=1S/C29H26N2O5/c1-3-35-24-14-12-22(13-15-24)29(33)36-26-16-11-20(17-27(26)34-2)19-30-31-28(32)18-23-9-6-8-21-7-4-5-10-25(21)23/h4-17,19H,3,18H2,1-2H3,(H,31,32)/b30-19-. The van der Waals surface area contributed by atoms with Gasteiger partial charge in [-0.05, 0) is 71.3 Å². The average molecular weight is 483 g/mol. The number of nitrogens with one attached hydrogen (secondary N) is 1. The summed E-state index contributed by atoms with van der Waals surface area (Å²) in [6.07, 6.45) is 1.71. The minimum absolute atomic E-state index is 0.211. The summed E-state index contributed by atoms with van der Waals surface area (Å²) >= 11 is 0. The molecule has 36 heavy (non-hydrogen) atoms. The van der Waals surface area contributed by atoms with Crippen LogP contribution in [0.25, 0.3) is 10.8 Å². The quantitative estimate of drug-likeness (QED) is 0.154. The minimum atomic E-state index is -0.515. The number of methoxy groups -OCH3 is 1. The number of carbonyl (C=O) groups excluding carboxylic acids is 2. The molecule has 7 heteroatoms. The van der Waals surface area contributed by atoms with E-state index in [0.29, 0.717) is 29.2 Å². The second-order valence-electron chi connectivity index (χ2n) is 7.87. The van der Waals surface area contributed by atoms with E-state index in [4.69, 9.17) is 14.2 Å². The van der Waals surface area contributed by atoms with Crippen molar-refractivity contribution >= 4 is 28.9 Å². The maximum Gasteiger partial charge on any atom is 0.343 e. The third-order valence-electron chi connectivity index (χ3n) is 5.43. The van der Waals surface area contributed by atoms with Crippen LogP contribution in [0.1, 0.15) is 28.4 Å². The minimum Gasteiger partial charge on any atom is -0.494 e. The zero-order valence-corrected chi connectivity index (χ0v) is 20.1. The molecule has 0 aromatic heterocycles. The fraction of sp³-hybridized carbons (Fsp3) is 0.138. The number of carbonyl (C=O) groups is 2. The van der Waals surface area contributed by atoms with Crippen LogP contribution < -0.4 is 19.6 Å². The first-order chi connectivity index (χ1) is 17.6. The summed E-state index contributed by atoms with van der Waals surface area (Å²) in [6.45, 7) is 2.44. The first kappa shape index (κ1) is 24.5. The molecular weight excluding hydrogens is 456 g/mol. The van der Waals surface area contributed by atoms with E-state index in [0.717, 1.165) is 16.3 Å². The van der Waals surface area contributed by atoms with Gasteiger partial charge in [0.1, 0.15) is 5.75 Å². The number of fused-ring (bicyclic) bond motifs is 1. The van der Waals surface area contributed by atoms with Gasteiger partial charge in [-0.3, -0.25) is 4.79 Å². The van der Waals surface area contributed by atoms with Crippen LogP contribution in [0.2, 0.25) is 0 Å². The summed E-state index contributed by atoms with van der Waals surface area (Å²) in [5.41, 5.74) is 4.54. The highest BCUT2D eigenvalue weighted by Gasteiger charge is 2.13. The number of rotatable bonds is 9. The number of esters is 1. The second kappa shape index (κ2) is 11.7. The summed E-state index contributed by atoms with van der Waals surface area (Å²) in [4.78, 5) is 24.9. The molecule has 0 heterocycles. The number of hydrogen-bond donors (Lipinski definition) is 1. The normalized spacial score (nSPS) is 10.8. The van der Waals surface area contributed by atoms with E-state index in [-0.39, 0.29) is 18.1 Å². The van der Waals surface area contributed by atoms with Crippen molar-refractivity contribution in [3.8, 4) is 17.2 Å². The third kappa shape index (κ3) is 6.07. The molecule has 0 aliphatic rings. The maximum absolute atomic E-state index is 12.5. The van der Waals surface area contributed by atoms with Gasteiger partial charge in [0.25, 0.3) is 0 Å². The molecule has 0 saturated carbocycles. The molecule has 0 atom stereocenters. The Morgan fingerprint density at radius 2 is 1.69 bits per heavy atom. The fourth-order valence-corrected chi connectivity index (χ4v) is 3.70. The van der Waals surface area contributed by atoms with Gasteiger partial charge < -0.3 is 14.2 Å². The molecule has 4 aromatic carbocycles. The first-order valence-corrected chi connectivity index (χ1v) is 11.5. The molecule has 0 bridgehead atoms. The number of hydrazone groups is 1. The van der Waals surface area contributed by atoms with Gasteiger partial charge in [-0.15, -0.1) is 0 Å². The zero-order valence-electron chi connectivity index (χ0n) is 20.1. The molecule has 0 aliphatic heterocycles. The highest BCUT2D eigenvalue weighted by Crippen LogP contribution is 2.28. The maximum atomic E-state index is 12.5. The average Bonchev–Trinajstić information content (AvgIpc) is 2.90. The van der Waals surface area contributed by atoms with Crippen LogP contribution in [0, 0.1) is 0 Å². The Balaban J connectivity index is 1.37. The fourth-order valence-electron chi connectivity index (χ4n) is 3.70. The number of benzene rings is 4. The zero-order chi connectivity index (χ0) is 25.3. The molecule has 0 spiro atoms. The van der Waals surface area contributed by atoms with Crippen LogP contribution in [0.3, 0.4) is 0 Å². The van der Waals surface area contributed by atoms with E-state index >= 15 is 0 Å². The highest BCUT2D eigenvalue weighted by atomic mass is 16.6. The van der Waals surface area contributed by atoms with Gasteiger partial charge in [0, 0.05) is 0 Å². The topological polar surface area (TPSA) is 86.2 Å². The monoisotopic (exact) mass is 482 g/mol. The van der Waals surface area contributed by atoms with Crippen molar-refractivity contribution in [2.24, 2.45) is 5.10 Å². The number of ether oxygens (including phenoxy) is 3. The highest BCUT2D eigenvalue weighted by molar-refractivity contribution is 5.92. The third-order valence-corrected chi connectivity index (χ3v) is 5.43. The van der Waals surface area contributed by atoms with E-state index in [9.17, 15) is 9.59 Å². The van der Waals surface area contributed by atoms with Gasteiger partial charge >= 0.3 is 5.97 Å². The molecule has 1 amide bonds. The molecule has 1 N–H and O–H groups in total. The van der Waals surface area contributed by atoms with E-state index in [1.165, 1.54) is 13.3 Å². The Kier molecular flexibility index (Phi) is 7.93. The van der Waals surface area contributed by atoms with Crippen molar-refractivity contribution < 1.29 is 23.8 Å². The molecular formula is C29H26N2O5. The number of hydrogen-bond acceptors (Lipinski definition) is 6. The van der Waals surface area contributed by atoms with Crippen molar-refractivity contribution in [1.29, 1.82) is 0 Å². The molecule has 7 nitrogen and oxygen atoms in total. The van der Waals surface area contributed by atoms with E-state index in [1.807, 2.05) is 49.4 Å². The van der Waals surface area contributed by atoms with Gasteiger partial charge in [-0.25, -0.2) is 10.2 Å². The van der Waals surface area contributed by atoms with Crippen molar-refractivity contribution in [1.82, 2.24) is 5.43 Å². The summed E-state index contributed by atoms with van der Waals surface area (Å²) in [5.74, 6) is 0.572. The van der Waals surface area contributed by atoms with Crippen LogP contribution in [0.4, 0.5) is 0 Å². The van der Waals surface area contributed by atoms with Gasteiger partial charge in [0.05, 0.1) is 31.9 Å². The second-order valence-corrected chi connectivity index (χ2v) is 7.87. The van der Waals surface area contributed by atoms with Crippen molar-refractivity contribution in [3.63, 3.8) is 0 Å². The van der Waals surface area contributed by atoms with Gasteiger partial charge in [-0.2, -0.15) is 5.10 Å². The van der Waals surface area contributed by atoms with E-state index in [1.54, 1.807) is 42.5 Å². The largest absolute Gasteiger partial charge is 0.494 e. The summed E-state index contributed by atoms with van der Waals surface area (Å²) in [7, 11) is 1.48. The van der Waals surface area contributed by atoms with Crippen LogP contribution in [0.5, 0.6) is 17.2 Å². The molecule has 4 aromatic rings. The molecule has 0 unspecified atom stereocenters. The summed E-state index contributed by atoms with van der Waals surface area (Å²) in [6, 6.07) is 25.5. The molecule has 0 fully saturated rings. The lowest BCUT2D eigenvalue weighted by Gasteiger charge is -2.10. The Morgan fingerprint density at radius 1 is 0.917 bits per heavy atom. The Bertz CT molecular complexity index is 1390. The molecule has 4 rings (SSSR count). The van der Waals surface area contributed by atoms with Crippen LogP contribution >= 0.6 is 0 Å². The summed E-state index contributed by atoms with van der Waals surface area (Å²) < 4.78 is 16.3. The Labute approximate surface area is 209 Å². The Morgan fingerprint density at radius 3 is 2.47 bits per heavy atom. The first-order valence-electron chi connectivity index (χ1n) is 11.5. The van der Waals surface area contributed by atoms with Crippen molar-refractivity contribution in [2.75, 3.05) is 13.7 Å². The number of amides is 1. The number of nitrogens with zero attached hydrogens (tertiary/aromatic N) is 1. The molecule has 0 aliphatic carbocycles. The predicted molar refractivity (Wildman–Crippen MR) is 139 cm³/mol. The lowest BCUT2D eigenvalue weighted by Crippen LogP contribution is -2.19. The van der Waals surface area contributed by atoms with Crippen LogP contribution in [-0.4, -0.2) is 31.8 Å². The lowest BCUT2D eigenvalue weighted by molar-refractivity contribution is -0.120. The van der Waals surface area contributed by atoms with E-state index in [2.05, 4.69) is 10.5 Å². The molecule has 182 valence electrons. The van der Waals surface area contributed by atoms with Crippen molar-refractivity contribution in [2.45, 2.75) is 13.3 Å². The smallest absolute Gasteiger partial charge is 0.343 e. The van der Waals surface area contributed by atoms with Crippen molar-refractivity contribution in [3.05, 3.63) is 102 Å². The van der Waals surface area contributed by atoms with Gasteiger partial charge in [0.2, 0.25) is 5.91 Å². The van der Waals surface area contributed by atoms with Crippen LogP contribution in [0.15, 0.2) is 90.0 Å².